The molecule has 0 aliphatic rings. The predicted octanol–water partition coefficient (Wildman–Crippen LogP) is 4.24. The first-order valence-electron chi connectivity index (χ1n) is 6.98. The van der Waals surface area contributed by atoms with Crippen molar-refractivity contribution in [1.29, 1.82) is 0 Å². The first kappa shape index (κ1) is 18.4. The number of para-hydroxylation sites is 1. The Balaban J connectivity index is 1.92. The van der Waals surface area contributed by atoms with Crippen LogP contribution in [0.5, 0.6) is 17.2 Å². The highest BCUT2D eigenvalue weighted by molar-refractivity contribution is 9.10. The van der Waals surface area contributed by atoms with Crippen molar-refractivity contribution in [3.05, 3.63) is 51.5 Å². The quantitative estimate of drug-likeness (QED) is 0.633. The Kier molecular flexibility index (Phi) is 6.75. The van der Waals surface area contributed by atoms with Gasteiger partial charge in [0.2, 0.25) is 0 Å². The maximum atomic E-state index is 11.9. The predicted molar refractivity (Wildman–Crippen MR) is 94.0 cm³/mol. The lowest BCUT2D eigenvalue weighted by Crippen LogP contribution is -2.15. The van der Waals surface area contributed by atoms with E-state index in [1.807, 2.05) is 0 Å². The largest absolute Gasteiger partial charge is 0.493 e. The fourth-order valence-electron chi connectivity index (χ4n) is 2.00. The average Bonchev–Trinajstić information content (AvgIpc) is 2.58. The molecule has 0 atom stereocenters. The van der Waals surface area contributed by atoms with E-state index in [2.05, 4.69) is 15.9 Å². The Labute approximate surface area is 153 Å². The van der Waals surface area contributed by atoms with Crippen LogP contribution in [0.4, 0.5) is 0 Å². The number of carbonyl (C=O) groups is 1. The molecule has 0 fully saturated rings. The van der Waals surface area contributed by atoms with E-state index in [1.165, 1.54) is 7.11 Å². The Morgan fingerprint density at radius 2 is 1.92 bits per heavy atom. The van der Waals surface area contributed by atoms with E-state index in [0.717, 1.165) is 0 Å². The first-order valence-corrected chi connectivity index (χ1v) is 8.15. The van der Waals surface area contributed by atoms with Crippen molar-refractivity contribution in [2.45, 2.75) is 6.61 Å². The molecule has 0 unspecified atom stereocenters. The van der Waals surface area contributed by atoms with E-state index in [0.29, 0.717) is 32.3 Å². The third-order valence-electron chi connectivity index (χ3n) is 3.11. The zero-order valence-electron chi connectivity index (χ0n) is 13.2. The van der Waals surface area contributed by atoms with Gasteiger partial charge in [-0.15, -0.1) is 0 Å². The monoisotopic (exact) mass is 414 g/mol. The Bertz CT molecular complexity index is 720. The summed E-state index contributed by atoms with van der Waals surface area (Å²) in [6, 6.07) is 10.4. The van der Waals surface area contributed by atoms with Crippen LogP contribution in [0, 0.1) is 0 Å². The molecule has 0 aliphatic carbocycles. The SMILES string of the molecule is COc1cccc(COC(=O)COc2ccc(Cl)cc2Br)c1OC. The number of carbonyl (C=O) groups excluding carboxylic acids is 1. The molecule has 0 saturated heterocycles. The van der Waals surface area contributed by atoms with E-state index in [4.69, 9.17) is 30.5 Å². The molecule has 0 bridgehead atoms. The van der Waals surface area contributed by atoms with Crippen molar-refractivity contribution in [1.82, 2.24) is 0 Å². The highest BCUT2D eigenvalue weighted by Crippen LogP contribution is 2.31. The molecule has 0 amide bonds. The van der Waals surface area contributed by atoms with Crippen molar-refractivity contribution < 1.29 is 23.7 Å². The standard InChI is InChI=1S/C17H16BrClO5/c1-21-15-5-3-4-11(17(15)22-2)9-24-16(20)10-23-14-7-6-12(19)8-13(14)18/h3-8H,9-10H2,1-2H3. The lowest BCUT2D eigenvalue weighted by atomic mass is 10.2. The summed E-state index contributed by atoms with van der Waals surface area (Å²) in [5.41, 5.74) is 0.706. The van der Waals surface area contributed by atoms with Crippen LogP contribution in [0.1, 0.15) is 5.56 Å². The number of benzene rings is 2. The van der Waals surface area contributed by atoms with Gasteiger partial charge in [-0.1, -0.05) is 23.7 Å². The highest BCUT2D eigenvalue weighted by Gasteiger charge is 2.12. The van der Waals surface area contributed by atoms with Gasteiger partial charge in [-0.3, -0.25) is 0 Å². The van der Waals surface area contributed by atoms with Gasteiger partial charge < -0.3 is 18.9 Å². The van der Waals surface area contributed by atoms with Gasteiger partial charge in [0.25, 0.3) is 0 Å². The molecule has 2 aromatic rings. The minimum absolute atomic E-state index is 0.0599. The van der Waals surface area contributed by atoms with Crippen molar-refractivity contribution >= 4 is 33.5 Å². The first-order chi connectivity index (χ1) is 11.5. The lowest BCUT2D eigenvalue weighted by molar-refractivity contribution is -0.147. The number of halogens is 2. The molecule has 2 rings (SSSR count). The Hall–Kier alpha value is -1.92. The third-order valence-corrected chi connectivity index (χ3v) is 3.97. The van der Waals surface area contributed by atoms with Gasteiger partial charge in [0.05, 0.1) is 18.7 Å². The van der Waals surface area contributed by atoms with Crippen molar-refractivity contribution in [3.8, 4) is 17.2 Å². The van der Waals surface area contributed by atoms with Gasteiger partial charge >= 0.3 is 5.97 Å². The van der Waals surface area contributed by atoms with E-state index in [1.54, 1.807) is 43.5 Å². The molecule has 0 radical (unpaired) electrons. The molecular formula is C17H16BrClO5. The van der Waals surface area contributed by atoms with E-state index in [9.17, 15) is 4.79 Å². The van der Waals surface area contributed by atoms with E-state index < -0.39 is 5.97 Å². The zero-order valence-corrected chi connectivity index (χ0v) is 15.5. The minimum Gasteiger partial charge on any atom is -0.493 e. The third kappa shape index (κ3) is 4.79. The Morgan fingerprint density at radius 1 is 1.12 bits per heavy atom. The minimum atomic E-state index is -0.498. The number of methoxy groups -OCH3 is 2. The summed E-state index contributed by atoms with van der Waals surface area (Å²) in [7, 11) is 3.08. The summed E-state index contributed by atoms with van der Waals surface area (Å²) in [6.45, 7) is -0.156. The van der Waals surface area contributed by atoms with Crippen LogP contribution in [-0.2, 0) is 16.1 Å². The van der Waals surface area contributed by atoms with Crippen molar-refractivity contribution in [2.24, 2.45) is 0 Å². The van der Waals surface area contributed by atoms with Crippen LogP contribution < -0.4 is 14.2 Å². The maximum Gasteiger partial charge on any atom is 0.344 e. The normalized spacial score (nSPS) is 10.2. The summed E-state index contributed by atoms with van der Waals surface area (Å²) in [6.07, 6.45) is 0. The second kappa shape index (κ2) is 8.80. The molecule has 0 heterocycles. The molecule has 0 spiro atoms. The molecule has 2 aromatic carbocycles. The van der Waals surface area contributed by atoms with E-state index >= 15 is 0 Å². The summed E-state index contributed by atoms with van der Waals surface area (Å²) >= 11 is 9.17. The zero-order chi connectivity index (χ0) is 17.5. The number of rotatable bonds is 7. The number of esters is 1. The van der Waals surface area contributed by atoms with Crippen LogP contribution in [0.2, 0.25) is 5.02 Å². The molecule has 0 aromatic heterocycles. The van der Waals surface area contributed by atoms with Gasteiger partial charge in [0, 0.05) is 10.6 Å². The Morgan fingerprint density at radius 3 is 2.58 bits per heavy atom. The topological polar surface area (TPSA) is 54.0 Å². The molecule has 0 aliphatic heterocycles. The number of ether oxygens (including phenoxy) is 4. The van der Waals surface area contributed by atoms with Gasteiger partial charge in [-0.05, 0) is 40.2 Å². The van der Waals surface area contributed by atoms with Gasteiger partial charge in [-0.25, -0.2) is 4.79 Å². The van der Waals surface area contributed by atoms with Gasteiger partial charge in [-0.2, -0.15) is 0 Å². The molecule has 128 valence electrons. The van der Waals surface area contributed by atoms with Crippen LogP contribution in [-0.4, -0.2) is 26.8 Å². The number of hydrogen-bond donors (Lipinski definition) is 0. The summed E-state index contributed by atoms with van der Waals surface area (Å²) in [5, 5.41) is 0.571. The molecule has 0 saturated carbocycles. The molecule has 0 N–H and O–H groups in total. The lowest BCUT2D eigenvalue weighted by Gasteiger charge is -2.13. The molecule has 7 heteroatoms. The van der Waals surface area contributed by atoms with Crippen molar-refractivity contribution in [3.63, 3.8) is 0 Å². The molecular weight excluding hydrogens is 400 g/mol. The van der Waals surface area contributed by atoms with Crippen LogP contribution in [0.25, 0.3) is 0 Å². The maximum absolute atomic E-state index is 11.9. The average molecular weight is 416 g/mol. The second-order valence-electron chi connectivity index (χ2n) is 4.68. The van der Waals surface area contributed by atoms with Crippen LogP contribution >= 0.6 is 27.5 Å². The molecule has 24 heavy (non-hydrogen) atoms. The second-order valence-corrected chi connectivity index (χ2v) is 5.97. The summed E-state index contributed by atoms with van der Waals surface area (Å²) < 4.78 is 21.8. The number of hydrogen-bond acceptors (Lipinski definition) is 5. The van der Waals surface area contributed by atoms with Crippen molar-refractivity contribution in [2.75, 3.05) is 20.8 Å². The van der Waals surface area contributed by atoms with E-state index in [-0.39, 0.29) is 13.2 Å². The van der Waals surface area contributed by atoms with Crippen LogP contribution in [0.15, 0.2) is 40.9 Å². The fourth-order valence-corrected chi connectivity index (χ4v) is 2.79. The van der Waals surface area contributed by atoms with Gasteiger partial charge in [0.1, 0.15) is 12.4 Å². The fraction of sp³-hybridized carbons (Fsp3) is 0.235. The van der Waals surface area contributed by atoms with Gasteiger partial charge in [0.15, 0.2) is 18.1 Å². The summed E-state index contributed by atoms with van der Waals surface area (Å²) in [5.74, 6) is 1.12. The molecule has 5 nitrogen and oxygen atoms in total. The smallest absolute Gasteiger partial charge is 0.344 e. The summed E-state index contributed by atoms with van der Waals surface area (Å²) in [4.78, 5) is 11.9. The van der Waals surface area contributed by atoms with Crippen LogP contribution in [0.3, 0.4) is 0 Å². The highest BCUT2D eigenvalue weighted by atomic mass is 79.9.